The number of para-hydroxylation sites is 2. The van der Waals surface area contributed by atoms with Gasteiger partial charge in [0.25, 0.3) is 5.91 Å². The van der Waals surface area contributed by atoms with Gasteiger partial charge in [-0.2, -0.15) is 0 Å². The summed E-state index contributed by atoms with van der Waals surface area (Å²) < 4.78 is 0. The molecule has 9 N–H and O–H groups in total. The Morgan fingerprint density at radius 3 is 2.27 bits per heavy atom. The summed E-state index contributed by atoms with van der Waals surface area (Å²) in [6.45, 7) is 0. The number of anilines is 4. The molecule has 8 nitrogen and oxygen atoms in total. The van der Waals surface area contributed by atoms with Gasteiger partial charge in [0.05, 0.1) is 16.9 Å². The minimum Gasteiger partial charge on any atom is -0.397 e. The number of hydrogen-bond donors (Lipinski definition) is 6. The van der Waals surface area contributed by atoms with Crippen LogP contribution in [0.25, 0.3) is 11.3 Å². The molecule has 0 radical (unpaired) electrons. The molecular formula is C18H18N6O2. The highest BCUT2D eigenvalue weighted by Crippen LogP contribution is 2.28. The van der Waals surface area contributed by atoms with Gasteiger partial charge in [-0.25, -0.2) is 4.79 Å². The number of nitrogens with two attached hydrogens (primary N) is 3. The summed E-state index contributed by atoms with van der Waals surface area (Å²) >= 11 is 0. The molecule has 2 aromatic carbocycles. The van der Waals surface area contributed by atoms with E-state index in [9.17, 15) is 9.59 Å². The molecule has 0 saturated heterocycles. The van der Waals surface area contributed by atoms with Crippen molar-refractivity contribution in [3.63, 3.8) is 0 Å². The van der Waals surface area contributed by atoms with Crippen LogP contribution in [0.2, 0.25) is 0 Å². The van der Waals surface area contributed by atoms with Crippen LogP contribution in [0.15, 0.2) is 54.6 Å². The number of rotatable bonds is 5. The predicted octanol–water partition coefficient (Wildman–Crippen LogP) is 2.60. The maximum atomic E-state index is 11.5. The van der Waals surface area contributed by atoms with Gasteiger partial charge in [0.2, 0.25) is 0 Å². The highest BCUT2D eigenvalue weighted by Gasteiger charge is 2.15. The Morgan fingerprint density at radius 2 is 1.65 bits per heavy atom. The molecule has 0 saturated carbocycles. The normalized spacial score (nSPS) is 10.3. The van der Waals surface area contributed by atoms with E-state index in [0.717, 1.165) is 16.9 Å². The molecule has 0 aliphatic carbocycles. The van der Waals surface area contributed by atoms with Gasteiger partial charge in [-0.15, -0.1) is 0 Å². The molecule has 132 valence electrons. The van der Waals surface area contributed by atoms with Crippen molar-refractivity contribution in [2.24, 2.45) is 11.5 Å². The SMILES string of the molecule is NC(=O)Nc1[nH]c(-c2ccc(Nc3ccccc3N)cc2)cc1C(N)=O. The minimum atomic E-state index is -0.791. The van der Waals surface area contributed by atoms with Gasteiger partial charge in [0.1, 0.15) is 5.82 Å². The quantitative estimate of drug-likeness (QED) is 0.392. The molecule has 0 fully saturated rings. The number of amides is 3. The van der Waals surface area contributed by atoms with E-state index in [-0.39, 0.29) is 11.4 Å². The number of aromatic amines is 1. The largest absolute Gasteiger partial charge is 0.397 e. The Labute approximate surface area is 149 Å². The van der Waals surface area contributed by atoms with Crippen LogP contribution in [0.4, 0.5) is 27.7 Å². The first-order valence-corrected chi connectivity index (χ1v) is 7.75. The third-order valence-corrected chi connectivity index (χ3v) is 3.77. The van der Waals surface area contributed by atoms with Crippen LogP contribution in [0, 0.1) is 0 Å². The van der Waals surface area contributed by atoms with Crippen LogP contribution >= 0.6 is 0 Å². The first-order chi connectivity index (χ1) is 12.4. The smallest absolute Gasteiger partial charge is 0.317 e. The van der Waals surface area contributed by atoms with Crippen molar-refractivity contribution in [2.75, 3.05) is 16.4 Å². The van der Waals surface area contributed by atoms with E-state index in [1.54, 1.807) is 6.07 Å². The van der Waals surface area contributed by atoms with Gasteiger partial charge >= 0.3 is 6.03 Å². The van der Waals surface area contributed by atoms with E-state index in [4.69, 9.17) is 17.2 Å². The molecule has 3 rings (SSSR count). The van der Waals surface area contributed by atoms with Crippen molar-refractivity contribution in [3.05, 3.63) is 60.2 Å². The lowest BCUT2D eigenvalue weighted by atomic mass is 10.1. The Morgan fingerprint density at radius 1 is 0.962 bits per heavy atom. The number of hydrogen-bond acceptors (Lipinski definition) is 4. The first-order valence-electron chi connectivity index (χ1n) is 7.75. The topological polar surface area (TPSA) is 152 Å². The molecule has 26 heavy (non-hydrogen) atoms. The van der Waals surface area contributed by atoms with Gasteiger partial charge in [0, 0.05) is 11.4 Å². The summed E-state index contributed by atoms with van der Waals surface area (Å²) in [7, 11) is 0. The Bertz CT molecular complexity index is 962. The molecule has 0 unspecified atom stereocenters. The summed E-state index contributed by atoms with van der Waals surface area (Å²) in [5, 5.41) is 5.58. The molecule has 8 heteroatoms. The van der Waals surface area contributed by atoms with Crippen molar-refractivity contribution in [2.45, 2.75) is 0 Å². The lowest BCUT2D eigenvalue weighted by Gasteiger charge is -2.09. The summed E-state index contributed by atoms with van der Waals surface area (Å²) in [5.74, 6) is -0.506. The van der Waals surface area contributed by atoms with Crippen LogP contribution in [-0.2, 0) is 0 Å². The number of H-pyrrole nitrogens is 1. The number of aromatic nitrogens is 1. The van der Waals surface area contributed by atoms with E-state index in [2.05, 4.69) is 15.6 Å². The number of urea groups is 1. The fourth-order valence-corrected chi connectivity index (χ4v) is 2.53. The fourth-order valence-electron chi connectivity index (χ4n) is 2.53. The van der Waals surface area contributed by atoms with Gasteiger partial charge in [0.15, 0.2) is 0 Å². The average Bonchev–Trinajstić information content (AvgIpc) is 3.01. The van der Waals surface area contributed by atoms with Crippen LogP contribution in [0.3, 0.4) is 0 Å². The lowest BCUT2D eigenvalue weighted by Crippen LogP contribution is -2.22. The molecule has 0 aliphatic rings. The second-order valence-electron chi connectivity index (χ2n) is 5.61. The highest BCUT2D eigenvalue weighted by molar-refractivity contribution is 6.03. The van der Waals surface area contributed by atoms with Crippen molar-refractivity contribution in [1.82, 2.24) is 4.98 Å². The van der Waals surface area contributed by atoms with E-state index >= 15 is 0 Å². The van der Waals surface area contributed by atoms with Crippen LogP contribution in [0.1, 0.15) is 10.4 Å². The zero-order chi connectivity index (χ0) is 18.7. The number of benzene rings is 2. The summed E-state index contributed by atoms with van der Waals surface area (Å²) in [6, 6.07) is 15.7. The third-order valence-electron chi connectivity index (χ3n) is 3.77. The molecule has 1 aromatic heterocycles. The number of primary amides is 2. The minimum absolute atomic E-state index is 0.151. The number of nitrogen functional groups attached to an aromatic ring is 1. The fraction of sp³-hybridized carbons (Fsp3) is 0. The molecule has 0 spiro atoms. The predicted molar refractivity (Wildman–Crippen MR) is 102 cm³/mol. The molecular weight excluding hydrogens is 332 g/mol. The van der Waals surface area contributed by atoms with Crippen LogP contribution in [-0.4, -0.2) is 16.9 Å². The maximum absolute atomic E-state index is 11.5. The summed E-state index contributed by atoms with van der Waals surface area (Å²) in [5.41, 5.74) is 20.2. The van der Waals surface area contributed by atoms with Gasteiger partial charge < -0.3 is 27.5 Å². The van der Waals surface area contributed by atoms with Crippen molar-refractivity contribution in [3.8, 4) is 11.3 Å². The van der Waals surface area contributed by atoms with Crippen molar-refractivity contribution < 1.29 is 9.59 Å². The monoisotopic (exact) mass is 350 g/mol. The van der Waals surface area contributed by atoms with Gasteiger partial charge in [-0.3, -0.25) is 10.1 Å². The molecule has 0 atom stereocenters. The maximum Gasteiger partial charge on any atom is 0.317 e. The second kappa shape index (κ2) is 6.89. The number of carbonyl (C=O) groups excluding carboxylic acids is 2. The average molecular weight is 350 g/mol. The Hall–Kier alpha value is -3.94. The summed E-state index contributed by atoms with van der Waals surface area (Å²) in [6.07, 6.45) is 0. The highest BCUT2D eigenvalue weighted by atomic mass is 16.2. The van der Waals surface area contributed by atoms with Crippen molar-refractivity contribution >= 4 is 34.8 Å². The zero-order valence-corrected chi connectivity index (χ0v) is 13.7. The Balaban J connectivity index is 1.85. The zero-order valence-electron chi connectivity index (χ0n) is 13.7. The third kappa shape index (κ3) is 3.59. The van der Waals surface area contributed by atoms with Gasteiger partial charge in [-0.05, 0) is 35.9 Å². The van der Waals surface area contributed by atoms with E-state index in [1.807, 2.05) is 48.5 Å². The first kappa shape index (κ1) is 16.9. The van der Waals surface area contributed by atoms with Crippen LogP contribution in [0.5, 0.6) is 0 Å². The van der Waals surface area contributed by atoms with E-state index < -0.39 is 11.9 Å². The standard InChI is InChI=1S/C18H18N6O2/c19-13-3-1-2-4-14(13)22-11-7-5-10(6-8-11)15-9-12(16(20)25)17(23-15)24-18(21)26/h1-9,22-23H,19H2,(H2,20,25)(H3,21,24,26). The molecule has 3 amide bonds. The summed E-state index contributed by atoms with van der Waals surface area (Å²) in [4.78, 5) is 25.5. The Kier molecular flexibility index (Phi) is 4.48. The van der Waals surface area contributed by atoms with E-state index in [0.29, 0.717) is 11.4 Å². The van der Waals surface area contributed by atoms with Crippen LogP contribution < -0.4 is 27.8 Å². The molecule has 1 heterocycles. The second-order valence-corrected chi connectivity index (χ2v) is 5.61. The molecule has 0 aliphatic heterocycles. The van der Waals surface area contributed by atoms with Crippen molar-refractivity contribution in [1.29, 1.82) is 0 Å². The number of carbonyl (C=O) groups is 2. The van der Waals surface area contributed by atoms with Gasteiger partial charge in [-0.1, -0.05) is 24.3 Å². The molecule has 0 bridgehead atoms. The molecule has 3 aromatic rings. The number of nitrogens with one attached hydrogen (secondary N) is 3. The van der Waals surface area contributed by atoms with E-state index in [1.165, 1.54) is 0 Å². The lowest BCUT2D eigenvalue weighted by molar-refractivity contribution is 0.100.